The molecule has 4 aliphatic rings. The third-order valence-electron chi connectivity index (χ3n) is 3.91. The van der Waals surface area contributed by atoms with Gasteiger partial charge in [0.25, 0.3) is 0 Å². The van der Waals surface area contributed by atoms with Crippen molar-refractivity contribution in [3.63, 3.8) is 0 Å². The fourth-order valence-corrected chi connectivity index (χ4v) is 2.83. The van der Waals surface area contributed by atoms with Crippen LogP contribution in [0.15, 0.2) is 92.8 Å². The van der Waals surface area contributed by atoms with Gasteiger partial charge in [-0.15, -0.1) is 0 Å². The van der Waals surface area contributed by atoms with E-state index in [0.717, 1.165) is 45.6 Å². The van der Waals surface area contributed by atoms with Crippen LogP contribution in [0.4, 0.5) is 0 Å². The molecule has 0 radical (unpaired) electrons. The molecule has 5 rings (SSSR count). The first kappa shape index (κ1) is 14.8. The van der Waals surface area contributed by atoms with Crippen LogP contribution in [-0.4, -0.2) is 22.1 Å². The van der Waals surface area contributed by atoms with Crippen molar-refractivity contribution >= 4 is 23.2 Å². The van der Waals surface area contributed by atoms with Crippen LogP contribution in [0.1, 0.15) is 11.4 Å². The first-order valence-electron chi connectivity index (χ1n) is 7.47. The summed E-state index contributed by atoms with van der Waals surface area (Å²) < 4.78 is 0. The number of allylic oxidation sites excluding steroid dienone is 8. The molecular weight excluding hydrogens is 340 g/mol. The zero-order valence-corrected chi connectivity index (χ0v) is 13.7. The Bertz CT molecular complexity index is 1000. The topological polar surface area (TPSA) is 52.9 Å². The number of nitrogens with zero attached hydrogens (tertiary/aromatic N) is 3. The van der Waals surface area contributed by atoms with Gasteiger partial charge in [0.1, 0.15) is 0 Å². The fourth-order valence-electron chi connectivity index (χ4n) is 2.83. The average Bonchev–Trinajstić information content (AvgIpc) is 3.28. The minimum atomic E-state index is 0. The normalized spacial score (nSPS) is 19.5. The van der Waals surface area contributed by atoms with E-state index in [1.807, 2.05) is 66.8 Å². The smallest absolute Gasteiger partial charge is 0.0872 e. The number of aliphatic imine (C=N–C) groups is 3. The first-order chi connectivity index (χ1) is 11.3. The standard InChI is InChI=1S/C19H12N4.Fe/c1-3-14-10-16-5-7-18(22-16)19-8-6-17(23-19)11-15-4-2-13(21-15)9-12(1)20-14;/h1-11,22H;. The van der Waals surface area contributed by atoms with Crippen molar-refractivity contribution in [3.8, 4) is 0 Å². The molecule has 5 heterocycles. The van der Waals surface area contributed by atoms with E-state index in [9.17, 15) is 0 Å². The summed E-state index contributed by atoms with van der Waals surface area (Å²) in [5.41, 5.74) is 7.50. The van der Waals surface area contributed by atoms with Gasteiger partial charge in [-0.2, -0.15) is 0 Å². The molecule has 5 heteroatoms. The van der Waals surface area contributed by atoms with Crippen molar-refractivity contribution in [3.05, 3.63) is 89.2 Å². The van der Waals surface area contributed by atoms with Crippen LogP contribution in [0, 0.1) is 0 Å². The zero-order chi connectivity index (χ0) is 15.2. The summed E-state index contributed by atoms with van der Waals surface area (Å²) >= 11 is 0. The number of H-pyrrole nitrogens is 1. The SMILES string of the molecule is C1=CC2=NC1=Cc1ccc([nH]1)C1=NC(=CC3=NC(=C2)C=C3)C=C1.[Fe]. The predicted octanol–water partition coefficient (Wildman–Crippen LogP) is 3.52. The molecule has 24 heavy (non-hydrogen) atoms. The molecule has 0 saturated heterocycles. The number of aromatic nitrogens is 1. The van der Waals surface area contributed by atoms with E-state index >= 15 is 0 Å². The summed E-state index contributed by atoms with van der Waals surface area (Å²) in [6.45, 7) is 0. The zero-order valence-electron chi connectivity index (χ0n) is 12.5. The van der Waals surface area contributed by atoms with Gasteiger partial charge in [0.15, 0.2) is 0 Å². The molecule has 116 valence electrons. The second-order valence-corrected chi connectivity index (χ2v) is 5.61. The second kappa shape index (κ2) is 5.71. The van der Waals surface area contributed by atoms with Gasteiger partial charge in [-0.05, 0) is 66.8 Å². The number of rotatable bonds is 0. The fraction of sp³-hybridized carbons (Fsp3) is 0. The minimum absolute atomic E-state index is 0. The van der Waals surface area contributed by atoms with Crippen molar-refractivity contribution in [2.45, 2.75) is 0 Å². The van der Waals surface area contributed by atoms with E-state index in [0.29, 0.717) is 0 Å². The third kappa shape index (κ3) is 2.64. The van der Waals surface area contributed by atoms with Crippen LogP contribution >= 0.6 is 0 Å². The second-order valence-electron chi connectivity index (χ2n) is 5.61. The van der Waals surface area contributed by atoms with Crippen LogP contribution in [-0.2, 0) is 17.1 Å². The van der Waals surface area contributed by atoms with Crippen LogP contribution in [0.2, 0.25) is 0 Å². The Morgan fingerprint density at radius 3 is 2.00 bits per heavy atom. The third-order valence-corrected chi connectivity index (χ3v) is 3.91. The van der Waals surface area contributed by atoms with Gasteiger partial charge in [-0.25, -0.2) is 15.0 Å². The van der Waals surface area contributed by atoms with Gasteiger partial charge in [-0.1, -0.05) is 0 Å². The Morgan fingerprint density at radius 1 is 0.625 bits per heavy atom. The number of hydrogen-bond acceptors (Lipinski definition) is 3. The molecule has 8 bridgehead atoms. The molecule has 0 saturated carbocycles. The maximum Gasteiger partial charge on any atom is 0.0872 e. The Kier molecular flexibility index (Phi) is 3.53. The van der Waals surface area contributed by atoms with Crippen molar-refractivity contribution < 1.29 is 17.1 Å². The van der Waals surface area contributed by atoms with Gasteiger partial charge in [-0.3, -0.25) is 0 Å². The monoisotopic (exact) mass is 352 g/mol. The molecule has 4 aliphatic heterocycles. The maximum absolute atomic E-state index is 4.65. The van der Waals surface area contributed by atoms with Crippen molar-refractivity contribution in [1.29, 1.82) is 0 Å². The van der Waals surface area contributed by atoms with Gasteiger partial charge in [0.2, 0.25) is 0 Å². The maximum atomic E-state index is 4.65. The summed E-state index contributed by atoms with van der Waals surface area (Å²) in [6, 6.07) is 4.08. The van der Waals surface area contributed by atoms with Crippen LogP contribution in [0.5, 0.6) is 0 Å². The van der Waals surface area contributed by atoms with Gasteiger partial charge in [0.05, 0.1) is 39.9 Å². The summed E-state index contributed by atoms with van der Waals surface area (Å²) in [4.78, 5) is 17.2. The van der Waals surface area contributed by atoms with E-state index in [1.165, 1.54) is 0 Å². The van der Waals surface area contributed by atoms with E-state index in [-0.39, 0.29) is 17.1 Å². The Hall–Kier alpha value is -2.75. The molecule has 1 aromatic rings. The molecule has 0 aliphatic carbocycles. The van der Waals surface area contributed by atoms with Crippen molar-refractivity contribution in [2.75, 3.05) is 0 Å². The van der Waals surface area contributed by atoms with Crippen LogP contribution < -0.4 is 0 Å². The van der Waals surface area contributed by atoms with E-state index in [1.54, 1.807) is 0 Å². The number of nitrogens with one attached hydrogen (secondary N) is 1. The number of fused-ring (bicyclic) bond motifs is 6. The molecule has 0 aromatic carbocycles. The molecule has 0 fully saturated rings. The first-order valence-corrected chi connectivity index (χ1v) is 7.47. The molecule has 0 unspecified atom stereocenters. The summed E-state index contributed by atoms with van der Waals surface area (Å²) in [6.07, 6.45) is 18.0. The van der Waals surface area contributed by atoms with Gasteiger partial charge < -0.3 is 4.98 Å². The predicted molar refractivity (Wildman–Crippen MR) is 93.8 cm³/mol. The summed E-state index contributed by atoms with van der Waals surface area (Å²) in [5.74, 6) is 0. The average molecular weight is 352 g/mol. The summed E-state index contributed by atoms with van der Waals surface area (Å²) in [7, 11) is 0. The molecule has 0 spiro atoms. The molecule has 1 aromatic heterocycles. The number of aromatic amines is 1. The van der Waals surface area contributed by atoms with Crippen LogP contribution in [0.3, 0.4) is 0 Å². The van der Waals surface area contributed by atoms with Gasteiger partial charge in [0, 0.05) is 22.8 Å². The quantitative estimate of drug-likeness (QED) is 0.695. The molecule has 1 N–H and O–H groups in total. The molecule has 0 amide bonds. The largest absolute Gasteiger partial charge is 0.354 e. The molecule has 0 atom stereocenters. The van der Waals surface area contributed by atoms with Crippen molar-refractivity contribution in [1.82, 2.24) is 4.98 Å². The van der Waals surface area contributed by atoms with Gasteiger partial charge >= 0.3 is 0 Å². The van der Waals surface area contributed by atoms with E-state index < -0.39 is 0 Å². The molecular formula is C19H12FeN4. The van der Waals surface area contributed by atoms with Crippen molar-refractivity contribution in [2.24, 2.45) is 15.0 Å². The Balaban J connectivity index is 0.00000146. The van der Waals surface area contributed by atoms with Crippen LogP contribution in [0.25, 0.3) is 6.08 Å². The molecule has 4 nitrogen and oxygen atoms in total. The minimum Gasteiger partial charge on any atom is -0.354 e. The Labute approximate surface area is 149 Å². The number of hydrogen-bond donors (Lipinski definition) is 1. The summed E-state index contributed by atoms with van der Waals surface area (Å²) in [5, 5.41) is 0. The van der Waals surface area contributed by atoms with E-state index in [2.05, 4.69) is 20.0 Å². The van der Waals surface area contributed by atoms with E-state index in [4.69, 9.17) is 0 Å². The Morgan fingerprint density at radius 2 is 1.25 bits per heavy atom.